The summed E-state index contributed by atoms with van der Waals surface area (Å²) in [5, 5.41) is 9.73. The Balaban J connectivity index is 1.97. The lowest BCUT2D eigenvalue weighted by Gasteiger charge is -2.45. The quantitative estimate of drug-likeness (QED) is 0.684. The largest absolute Gasteiger partial charge is 0.444 e. The van der Waals surface area contributed by atoms with Gasteiger partial charge in [0.05, 0.1) is 6.10 Å². The zero-order valence-electron chi connectivity index (χ0n) is 10.5. The minimum absolute atomic E-state index is 0.100. The van der Waals surface area contributed by atoms with E-state index in [0.717, 1.165) is 13.0 Å². The van der Waals surface area contributed by atoms with Crippen molar-refractivity contribution in [2.45, 2.75) is 45.8 Å². The first kappa shape index (κ1) is 11.7. The van der Waals surface area contributed by atoms with Gasteiger partial charge in [-0.05, 0) is 33.1 Å². The number of aliphatic hydroxyl groups excluding tert-OH is 1. The van der Waals surface area contributed by atoms with Gasteiger partial charge in [0.25, 0.3) is 0 Å². The van der Waals surface area contributed by atoms with Crippen LogP contribution in [0.3, 0.4) is 0 Å². The van der Waals surface area contributed by atoms with Crippen molar-refractivity contribution in [3.63, 3.8) is 0 Å². The van der Waals surface area contributed by atoms with Crippen LogP contribution in [0.1, 0.15) is 34.1 Å². The predicted octanol–water partition coefficient (Wildman–Crippen LogP) is 1.62. The van der Waals surface area contributed by atoms with Crippen LogP contribution in [-0.2, 0) is 4.74 Å². The highest BCUT2D eigenvalue weighted by Crippen LogP contribution is 2.51. The van der Waals surface area contributed by atoms with Crippen molar-refractivity contribution in [2.75, 3.05) is 13.1 Å². The highest BCUT2D eigenvalue weighted by molar-refractivity contribution is 5.68. The summed E-state index contributed by atoms with van der Waals surface area (Å²) in [6.07, 6.45) is 0.302. The van der Waals surface area contributed by atoms with E-state index in [1.165, 1.54) is 0 Å². The fourth-order valence-electron chi connectivity index (χ4n) is 2.64. The van der Waals surface area contributed by atoms with Crippen molar-refractivity contribution in [3.05, 3.63) is 0 Å². The summed E-state index contributed by atoms with van der Waals surface area (Å²) in [4.78, 5) is 13.6. The lowest BCUT2D eigenvalue weighted by atomic mass is 9.61. The van der Waals surface area contributed by atoms with Crippen LogP contribution in [0.2, 0.25) is 0 Å². The average Bonchev–Trinajstić information content (AvgIpc) is 2.38. The van der Waals surface area contributed by atoms with Gasteiger partial charge in [-0.3, -0.25) is 0 Å². The van der Waals surface area contributed by atoms with Gasteiger partial charge in [-0.1, -0.05) is 6.92 Å². The Labute approximate surface area is 96.6 Å². The van der Waals surface area contributed by atoms with Crippen molar-refractivity contribution in [1.82, 2.24) is 4.90 Å². The van der Waals surface area contributed by atoms with E-state index in [1.54, 1.807) is 4.90 Å². The highest BCUT2D eigenvalue weighted by Gasteiger charge is 2.57. The van der Waals surface area contributed by atoms with Crippen LogP contribution in [0.5, 0.6) is 0 Å². The Bertz CT molecular complexity index is 310. The molecule has 1 aliphatic heterocycles. The van der Waals surface area contributed by atoms with Gasteiger partial charge in [0.15, 0.2) is 0 Å². The van der Waals surface area contributed by atoms with E-state index in [9.17, 15) is 9.90 Å². The van der Waals surface area contributed by atoms with Crippen LogP contribution in [-0.4, -0.2) is 40.9 Å². The number of carbonyl (C=O) groups is 1. The molecule has 1 unspecified atom stereocenters. The molecule has 2 fully saturated rings. The van der Waals surface area contributed by atoms with Crippen LogP contribution in [0, 0.1) is 11.3 Å². The van der Waals surface area contributed by atoms with Gasteiger partial charge in [-0.2, -0.15) is 0 Å². The third kappa shape index (κ3) is 1.79. The Morgan fingerprint density at radius 1 is 1.50 bits per heavy atom. The number of amides is 1. The summed E-state index contributed by atoms with van der Waals surface area (Å²) >= 11 is 0. The molecule has 1 saturated heterocycles. The molecule has 1 saturated carbocycles. The molecule has 2 rings (SSSR count). The molecule has 2 aliphatic rings. The minimum atomic E-state index is -0.446. The normalized spacial score (nSPS) is 37.9. The van der Waals surface area contributed by atoms with E-state index in [0.29, 0.717) is 12.5 Å². The van der Waals surface area contributed by atoms with Gasteiger partial charge in [-0.25, -0.2) is 4.79 Å². The Morgan fingerprint density at radius 2 is 2.12 bits per heavy atom. The second-order valence-corrected chi connectivity index (χ2v) is 6.32. The Hall–Kier alpha value is -0.770. The van der Waals surface area contributed by atoms with Gasteiger partial charge in [-0.15, -0.1) is 0 Å². The van der Waals surface area contributed by atoms with Gasteiger partial charge < -0.3 is 14.7 Å². The van der Waals surface area contributed by atoms with Gasteiger partial charge in [0.1, 0.15) is 5.60 Å². The number of aliphatic hydroxyl groups is 1. The van der Waals surface area contributed by atoms with Crippen molar-refractivity contribution in [2.24, 2.45) is 11.3 Å². The van der Waals surface area contributed by atoms with E-state index in [1.807, 2.05) is 20.8 Å². The fourth-order valence-corrected chi connectivity index (χ4v) is 2.64. The topological polar surface area (TPSA) is 49.8 Å². The minimum Gasteiger partial charge on any atom is -0.444 e. The molecule has 0 aromatic carbocycles. The smallest absolute Gasteiger partial charge is 0.410 e. The molecule has 0 aromatic heterocycles. The van der Waals surface area contributed by atoms with Gasteiger partial charge in [0.2, 0.25) is 0 Å². The number of hydrogen-bond acceptors (Lipinski definition) is 3. The summed E-state index contributed by atoms with van der Waals surface area (Å²) in [6.45, 7) is 9.00. The van der Waals surface area contributed by atoms with Crippen LogP contribution in [0.4, 0.5) is 4.79 Å². The van der Waals surface area contributed by atoms with Crippen molar-refractivity contribution in [3.8, 4) is 0 Å². The average molecular weight is 227 g/mol. The first-order valence-corrected chi connectivity index (χ1v) is 5.88. The van der Waals surface area contributed by atoms with Crippen molar-refractivity contribution in [1.29, 1.82) is 0 Å². The SMILES string of the molecule is CC(C)(C)OC(=O)N1C[C@@H]2CC(O)[C@]2(C)C1. The molecule has 4 heteroatoms. The van der Waals surface area contributed by atoms with Gasteiger partial charge in [0, 0.05) is 18.5 Å². The van der Waals surface area contributed by atoms with Crippen molar-refractivity contribution < 1.29 is 14.6 Å². The molecule has 0 spiro atoms. The number of nitrogens with zero attached hydrogens (tertiary/aromatic N) is 1. The molecular formula is C12H21NO3. The molecule has 4 nitrogen and oxygen atoms in total. The molecule has 3 atom stereocenters. The lowest BCUT2D eigenvalue weighted by molar-refractivity contribution is -0.0796. The monoisotopic (exact) mass is 227 g/mol. The van der Waals surface area contributed by atoms with Crippen LogP contribution >= 0.6 is 0 Å². The predicted molar refractivity (Wildman–Crippen MR) is 60.0 cm³/mol. The summed E-state index contributed by atoms with van der Waals surface area (Å²) in [7, 11) is 0. The molecule has 1 amide bonds. The van der Waals surface area contributed by atoms with E-state index in [2.05, 4.69) is 6.92 Å². The number of rotatable bonds is 0. The van der Waals surface area contributed by atoms with Crippen LogP contribution in [0.25, 0.3) is 0 Å². The number of likely N-dealkylation sites (tertiary alicyclic amines) is 1. The van der Waals surface area contributed by atoms with Crippen LogP contribution < -0.4 is 0 Å². The third-order valence-electron chi connectivity index (χ3n) is 3.83. The highest BCUT2D eigenvalue weighted by atomic mass is 16.6. The van der Waals surface area contributed by atoms with Crippen LogP contribution in [0.15, 0.2) is 0 Å². The first-order chi connectivity index (χ1) is 7.22. The molecule has 1 heterocycles. The van der Waals surface area contributed by atoms with E-state index < -0.39 is 5.60 Å². The molecule has 16 heavy (non-hydrogen) atoms. The second-order valence-electron chi connectivity index (χ2n) is 6.32. The molecule has 0 bridgehead atoms. The molecule has 1 N–H and O–H groups in total. The fraction of sp³-hybridized carbons (Fsp3) is 0.917. The standard InChI is InChI=1S/C12H21NO3/c1-11(2,3)16-10(15)13-6-8-5-9(14)12(8,4)7-13/h8-9,14H,5-7H2,1-4H3/t8-,9?,12+/m0/s1. The van der Waals surface area contributed by atoms with E-state index >= 15 is 0 Å². The summed E-state index contributed by atoms with van der Waals surface area (Å²) in [5.41, 5.74) is -0.546. The number of ether oxygens (including phenoxy) is 1. The lowest BCUT2D eigenvalue weighted by Crippen LogP contribution is -2.50. The molecule has 0 radical (unpaired) electrons. The van der Waals surface area contributed by atoms with Gasteiger partial charge >= 0.3 is 6.09 Å². The maximum atomic E-state index is 11.9. The summed E-state index contributed by atoms with van der Waals surface area (Å²) < 4.78 is 5.33. The molecular weight excluding hydrogens is 206 g/mol. The molecule has 92 valence electrons. The number of fused-ring (bicyclic) bond motifs is 1. The Morgan fingerprint density at radius 3 is 2.56 bits per heavy atom. The summed E-state index contributed by atoms with van der Waals surface area (Å²) in [6, 6.07) is 0. The number of carbonyl (C=O) groups excluding carboxylic acids is 1. The zero-order valence-corrected chi connectivity index (χ0v) is 10.5. The maximum absolute atomic E-state index is 11.9. The molecule has 1 aliphatic carbocycles. The Kier molecular flexibility index (Phi) is 2.46. The zero-order chi connectivity index (χ0) is 12.1. The summed E-state index contributed by atoms with van der Waals surface area (Å²) in [5.74, 6) is 0.440. The van der Waals surface area contributed by atoms with E-state index in [-0.39, 0.29) is 17.6 Å². The number of hydrogen-bond donors (Lipinski definition) is 1. The second kappa shape index (κ2) is 3.36. The first-order valence-electron chi connectivity index (χ1n) is 5.88. The third-order valence-corrected chi connectivity index (χ3v) is 3.83. The van der Waals surface area contributed by atoms with Crippen molar-refractivity contribution >= 4 is 6.09 Å². The van der Waals surface area contributed by atoms with E-state index in [4.69, 9.17) is 4.74 Å². The maximum Gasteiger partial charge on any atom is 0.410 e. The molecule has 0 aromatic rings.